The molecule has 0 radical (unpaired) electrons. The number of aromatic nitrogens is 2. The molecule has 0 aliphatic carbocycles. The zero-order valence-corrected chi connectivity index (χ0v) is 17.5. The van der Waals surface area contributed by atoms with Crippen LogP contribution in [0.15, 0.2) is 36.5 Å². The average Bonchev–Trinajstić information content (AvgIpc) is 3.11. The van der Waals surface area contributed by atoms with Crippen molar-refractivity contribution < 1.29 is 9.18 Å². The minimum absolute atomic E-state index is 0.0110. The first-order valence-electron chi connectivity index (χ1n) is 9.66. The normalized spacial score (nSPS) is 16.0. The smallest absolute Gasteiger partial charge is 0.266 e. The number of hydrogen-bond donors (Lipinski definition) is 2. The predicted molar refractivity (Wildman–Crippen MR) is 119 cm³/mol. The number of benzene rings is 1. The van der Waals surface area contributed by atoms with Gasteiger partial charge in [0.1, 0.15) is 16.8 Å². The second-order valence-corrected chi connectivity index (χ2v) is 8.50. The Bertz CT molecular complexity index is 1410. The first-order chi connectivity index (χ1) is 15.0. The number of anilines is 3. The molecule has 0 saturated carbocycles. The van der Waals surface area contributed by atoms with Gasteiger partial charge >= 0.3 is 0 Å². The van der Waals surface area contributed by atoms with E-state index in [-0.39, 0.29) is 17.5 Å². The molecule has 31 heavy (non-hydrogen) atoms. The van der Waals surface area contributed by atoms with Crippen molar-refractivity contribution in [3.05, 3.63) is 52.9 Å². The molecule has 1 aliphatic rings. The molecule has 7 nitrogen and oxygen atoms in total. The summed E-state index contributed by atoms with van der Waals surface area (Å²) in [6.07, 6.45) is 1.18. The fraction of sp³-hybridized carbons (Fsp3) is 0.182. The Morgan fingerprint density at radius 2 is 2.19 bits per heavy atom. The van der Waals surface area contributed by atoms with E-state index in [2.05, 4.69) is 20.6 Å². The lowest BCUT2D eigenvalue weighted by molar-refractivity contribution is 0.0762. The van der Waals surface area contributed by atoms with Crippen LogP contribution in [0.5, 0.6) is 0 Å². The summed E-state index contributed by atoms with van der Waals surface area (Å²) in [5.74, 6) is -0.190. The Morgan fingerprint density at radius 3 is 3.00 bits per heavy atom. The molecule has 1 amide bonds. The second kappa shape index (κ2) is 7.18. The maximum absolute atomic E-state index is 13.5. The van der Waals surface area contributed by atoms with Crippen LogP contribution in [0.25, 0.3) is 21.0 Å². The third-order valence-electron chi connectivity index (χ3n) is 5.53. The largest absolute Gasteiger partial charge is 0.381 e. The highest BCUT2D eigenvalue weighted by molar-refractivity contribution is 7.21. The van der Waals surface area contributed by atoms with Crippen LogP contribution in [0.3, 0.4) is 0 Å². The summed E-state index contributed by atoms with van der Waals surface area (Å²) >= 11 is 1.47. The molecule has 0 spiro atoms. The van der Waals surface area contributed by atoms with Crippen molar-refractivity contribution in [1.82, 2.24) is 14.9 Å². The van der Waals surface area contributed by atoms with E-state index >= 15 is 0 Å². The van der Waals surface area contributed by atoms with Gasteiger partial charge in [0.25, 0.3) is 5.91 Å². The van der Waals surface area contributed by atoms with E-state index in [1.807, 2.05) is 38.2 Å². The Morgan fingerprint density at radius 1 is 1.35 bits per heavy atom. The lowest BCUT2D eigenvalue weighted by Gasteiger charge is -2.21. The molecule has 0 bridgehead atoms. The molecule has 1 aliphatic heterocycles. The Hall–Kier alpha value is -3.77. The highest BCUT2D eigenvalue weighted by atomic mass is 32.1. The van der Waals surface area contributed by atoms with Gasteiger partial charge in [-0.1, -0.05) is 0 Å². The monoisotopic (exact) mass is 432 g/mol. The number of nitrogens with zero attached hydrogens (tertiary/aromatic N) is 4. The van der Waals surface area contributed by atoms with Gasteiger partial charge in [0.05, 0.1) is 28.7 Å². The molecule has 2 N–H and O–H groups in total. The van der Waals surface area contributed by atoms with E-state index in [4.69, 9.17) is 0 Å². The molecular weight excluding hydrogens is 415 g/mol. The number of nitriles is 1. The highest BCUT2D eigenvalue weighted by Gasteiger charge is 2.28. The fourth-order valence-electron chi connectivity index (χ4n) is 3.70. The van der Waals surface area contributed by atoms with Crippen LogP contribution in [0.1, 0.15) is 22.2 Å². The number of rotatable bonds is 2. The lowest BCUT2D eigenvalue weighted by atomic mass is 10.1. The predicted octanol–water partition coefficient (Wildman–Crippen LogP) is 4.48. The molecule has 4 heterocycles. The van der Waals surface area contributed by atoms with Gasteiger partial charge in [0.2, 0.25) is 5.95 Å². The molecule has 1 aromatic carbocycles. The summed E-state index contributed by atoms with van der Waals surface area (Å²) in [6, 6.07) is 10.8. The van der Waals surface area contributed by atoms with Crippen LogP contribution in [-0.4, -0.2) is 40.4 Å². The topological polar surface area (TPSA) is 93.9 Å². The van der Waals surface area contributed by atoms with Crippen molar-refractivity contribution in [2.24, 2.45) is 0 Å². The first kappa shape index (κ1) is 19.2. The molecule has 4 aromatic rings. The maximum Gasteiger partial charge on any atom is 0.266 e. The third kappa shape index (κ3) is 3.12. The van der Waals surface area contributed by atoms with Gasteiger partial charge in [0, 0.05) is 41.2 Å². The van der Waals surface area contributed by atoms with E-state index in [0.717, 1.165) is 26.7 Å². The maximum atomic E-state index is 13.5. The van der Waals surface area contributed by atoms with Crippen LogP contribution in [0.2, 0.25) is 0 Å². The van der Waals surface area contributed by atoms with Crippen LogP contribution in [0, 0.1) is 17.3 Å². The molecular formula is C22H17FN6OS. The number of carbonyl (C=O) groups is 1. The zero-order valence-electron chi connectivity index (χ0n) is 16.7. The van der Waals surface area contributed by atoms with Crippen molar-refractivity contribution in [3.63, 3.8) is 0 Å². The quantitative estimate of drug-likeness (QED) is 0.454. The van der Waals surface area contributed by atoms with Crippen molar-refractivity contribution in [2.75, 3.05) is 24.2 Å². The number of hydrogen-bond acceptors (Lipinski definition) is 7. The molecule has 0 unspecified atom stereocenters. The Labute approximate surface area is 181 Å². The first-order valence-corrected chi connectivity index (χ1v) is 10.5. The number of carbonyl (C=O) groups excluding carboxylic acids is 1. The summed E-state index contributed by atoms with van der Waals surface area (Å²) in [6.45, 7) is 2.67. The minimum Gasteiger partial charge on any atom is -0.381 e. The Kier molecular flexibility index (Phi) is 4.45. The third-order valence-corrected chi connectivity index (χ3v) is 6.67. The van der Waals surface area contributed by atoms with Crippen LogP contribution >= 0.6 is 11.3 Å². The Balaban J connectivity index is 1.62. The lowest BCUT2D eigenvalue weighted by Crippen LogP contribution is -2.36. The van der Waals surface area contributed by atoms with Crippen molar-refractivity contribution in [2.45, 2.75) is 13.0 Å². The van der Waals surface area contributed by atoms with E-state index in [9.17, 15) is 14.4 Å². The molecule has 154 valence electrons. The molecule has 3 aromatic heterocycles. The van der Waals surface area contributed by atoms with Crippen LogP contribution < -0.4 is 10.6 Å². The van der Waals surface area contributed by atoms with Crippen molar-refractivity contribution >= 4 is 55.4 Å². The summed E-state index contributed by atoms with van der Waals surface area (Å²) < 4.78 is 14.5. The summed E-state index contributed by atoms with van der Waals surface area (Å²) in [4.78, 5) is 23.5. The molecule has 0 saturated heterocycles. The van der Waals surface area contributed by atoms with Crippen LogP contribution in [0.4, 0.5) is 21.6 Å². The van der Waals surface area contributed by atoms with Crippen molar-refractivity contribution in [1.29, 1.82) is 5.26 Å². The SMILES string of the molecule is C[C@@H]1CNc2c(sc3ccc4nc(Nc5cc(F)ncc5C#N)ccc4c23)C(=O)N1C. The second-order valence-electron chi connectivity index (χ2n) is 7.44. The van der Waals surface area contributed by atoms with Crippen molar-refractivity contribution in [3.8, 4) is 6.07 Å². The average molecular weight is 432 g/mol. The molecule has 0 fully saturated rings. The van der Waals surface area contributed by atoms with Crippen LogP contribution in [-0.2, 0) is 0 Å². The number of nitrogens with one attached hydrogen (secondary N) is 2. The summed E-state index contributed by atoms with van der Waals surface area (Å²) in [5, 5.41) is 17.6. The number of likely N-dealkylation sites (N-methyl/N-ethyl adjacent to an activating group) is 1. The van der Waals surface area contributed by atoms with Gasteiger partial charge < -0.3 is 15.5 Å². The molecule has 5 rings (SSSR count). The van der Waals surface area contributed by atoms with Gasteiger partial charge in [-0.2, -0.15) is 9.65 Å². The standard InChI is InChI=1S/C22H17FN6OS/c1-11-9-26-20-19-13-3-6-18(28-15-7-17(23)25-10-12(15)8-24)27-14(13)4-5-16(19)31-21(20)22(30)29(11)2/h3-7,10-11,26H,9H2,1-2H3,(H,25,27,28)/t11-/m1/s1. The van der Waals surface area contributed by atoms with E-state index < -0.39 is 5.95 Å². The number of amides is 1. The minimum atomic E-state index is -0.681. The summed E-state index contributed by atoms with van der Waals surface area (Å²) in [7, 11) is 1.82. The van der Waals surface area contributed by atoms with E-state index in [1.54, 1.807) is 11.0 Å². The highest BCUT2D eigenvalue weighted by Crippen LogP contribution is 2.42. The molecule has 9 heteroatoms. The number of halogens is 1. The molecule has 1 atom stereocenters. The summed E-state index contributed by atoms with van der Waals surface area (Å²) in [5.41, 5.74) is 2.10. The number of pyridine rings is 2. The van der Waals surface area contributed by atoms with E-state index in [1.165, 1.54) is 23.6 Å². The fourth-order valence-corrected chi connectivity index (χ4v) is 4.88. The van der Waals surface area contributed by atoms with Gasteiger partial charge in [-0.15, -0.1) is 11.3 Å². The number of thiophene rings is 1. The number of fused-ring (bicyclic) bond motifs is 5. The van der Waals surface area contributed by atoms with Gasteiger partial charge in [-0.3, -0.25) is 4.79 Å². The van der Waals surface area contributed by atoms with Gasteiger partial charge in [-0.05, 0) is 31.2 Å². The zero-order chi connectivity index (χ0) is 21.7. The van der Waals surface area contributed by atoms with Gasteiger partial charge in [-0.25, -0.2) is 9.97 Å². The van der Waals surface area contributed by atoms with E-state index in [0.29, 0.717) is 22.9 Å². The van der Waals surface area contributed by atoms with Gasteiger partial charge in [0.15, 0.2) is 0 Å².